The molecule has 0 fully saturated rings. The fourth-order valence-electron chi connectivity index (χ4n) is 2.04. The quantitative estimate of drug-likeness (QED) is 0.766. The minimum atomic E-state index is -1.17. The topological polar surface area (TPSA) is 67.4 Å². The van der Waals surface area contributed by atoms with E-state index < -0.39 is 29.5 Å². The van der Waals surface area contributed by atoms with Gasteiger partial charge in [0.1, 0.15) is 11.8 Å². The molecule has 5 nitrogen and oxygen atoms in total. The van der Waals surface area contributed by atoms with Crippen molar-refractivity contribution in [3.05, 3.63) is 64.1 Å². The van der Waals surface area contributed by atoms with Crippen molar-refractivity contribution in [2.24, 2.45) is 0 Å². The Morgan fingerprint density at radius 3 is 2.56 bits per heavy atom. The predicted molar refractivity (Wildman–Crippen MR) is 90.9 cm³/mol. The van der Waals surface area contributed by atoms with E-state index in [1.165, 1.54) is 13.1 Å². The molecule has 0 radical (unpaired) electrons. The Morgan fingerprint density at radius 1 is 1.16 bits per heavy atom. The van der Waals surface area contributed by atoms with Crippen molar-refractivity contribution in [2.75, 3.05) is 13.7 Å². The molecule has 2 aromatic carbocycles. The highest BCUT2D eigenvalue weighted by atomic mass is 79.9. The molecule has 2 amide bonds. The van der Waals surface area contributed by atoms with E-state index in [1.54, 1.807) is 24.3 Å². The van der Waals surface area contributed by atoms with Gasteiger partial charge >= 0.3 is 0 Å². The van der Waals surface area contributed by atoms with Gasteiger partial charge in [-0.05, 0) is 35.9 Å². The summed E-state index contributed by atoms with van der Waals surface area (Å²) in [6, 6.07) is 8.72. The first-order valence-electron chi connectivity index (χ1n) is 7.25. The molecule has 2 aromatic rings. The van der Waals surface area contributed by atoms with Gasteiger partial charge in [-0.3, -0.25) is 9.59 Å². The molecule has 0 saturated carbocycles. The van der Waals surface area contributed by atoms with Crippen LogP contribution in [-0.2, 0) is 9.59 Å². The molecule has 8 heteroatoms. The Morgan fingerprint density at radius 2 is 1.92 bits per heavy atom. The number of benzene rings is 2. The zero-order valence-electron chi connectivity index (χ0n) is 13.2. The van der Waals surface area contributed by atoms with E-state index in [9.17, 15) is 18.4 Å². The smallest absolute Gasteiger partial charge is 0.258 e. The number of hydrogen-bond donors (Lipinski definition) is 2. The van der Waals surface area contributed by atoms with E-state index in [-0.39, 0.29) is 12.2 Å². The Balaban J connectivity index is 2.07. The van der Waals surface area contributed by atoms with Crippen molar-refractivity contribution in [1.29, 1.82) is 0 Å². The minimum Gasteiger partial charge on any atom is -0.484 e. The van der Waals surface area contributed by atoms with Crippen molar-refractivity contribution in [3.63, 3.8) is 0 Å². The van der Waals surface area contributed by atoms with Gasteiger partial charge in [0.05, 0.1) is 0 Å². The van der Waals surface area contributed by atoms with Crippen LogP contribution in [0.2, 0.25) is 0 Å². The number of carbonyl (C=O) groups excluding carboxylic acids is 2. The number of hydrogen-bond acceptors (Lipinski definition) is 3. The van der Waals surface area contributed by atoms with Crippen LogP contribution in [0.25, 0.3) is 0 Å². The molecule has 25 heavy (non-hydrogen) atoms. The molecule has 2 N–H and O–H groups in total. The molecular weight excluding hydrogens is 398 g/mol. The van der Waals surface area contributed by atoms with Gasteiger partial charge in [0.15, 0.2) is 18.2 Å². The number of ether oxygens (including phenoxy) is 1. The van der Waals surface area contributed by atoms with Gasteiger partial charge in [-0.15, -0.1) is 0 Å². The van der Waals surface area contributed by atoms with E-state index in [2.05, 4.69) is 26.6 Å². The summed E-state index contributed by atoms with van der Waals surface area (Å²) in [6.07, 6.45) is 0. The Bertz CT molecular complexity index is 786. The van der Waals surface area contributed by atoms with Gasteiger partial charge in [-0.2, -0.15) is 0 Å². The zero-order chi connectivity index (χ0) is 18.4. The molecule has 2 rings (SSSR count). The summed E-state index contributed by atoms with van der Waals surface area (Å²) >= 11 is 3.28. The molecule has 0 bridgehead atoms. The van der Waals surface area contributed by atoms with Crippen LogP contribution in [0.15, 0.2) is 46.9 Å². The Kier molecular flexibility index (Phi) is 6.46. The van der Waals surface area contributed by atoms with Gasteiger partial charge < -0.3 is 15.4 Å². The van der Waals surface area contributed by atoms with Crippen LogP contribution < -0.4 is 15.4 Å². The summed E-state index contributed by atoms with van der Waals surface area (Å²) in [5, 5.41) is 4.81. The summed E-state index contributed by atoms with van der Waals surface area (Å²) in [5.41, 5.74) is 0.119. The van der Waals surface area contributed by atoms with Crippen molar-refractivity contribution in [3.8, 4) is 5.75 Å². The van der Waals surface area contributed by atoms with E-state index >= 15 is 0 Å². The maximum Gasteiger partial charge on any atom is 0.258 e. The molecule has 0 aliphatic heterocycles. The lowest BCUT2D eigenvalue weighted by molar-refractivity contribution is -0.129. The summed E-state index contributed by atoms with van der Waals surface area (Å²) in [7, 11) is 1.37. The second-order valence-electron chi connectivity index (χ2n) is 5.03. The van der Waals surface area contributed by atoms with Crippen molar-refractivity contribution in [2.45, 2.75) is 6.04 Å². The largest absolute Gasteiger partial charge is 0.484 e. The lowest BCUT2D eigenvalue weighted by atomic mass is 10.1. The summed E-state index contributed by atoms with van der Waals surface area (Å²) in [5.74, 6) is -2.83. The van der Waals surface area contributed by atoms with Gasteiger partial charge in [0.2, 0.25) is 5.91 Å². The number of nitrogens with one attached hydrogen (secondary N) is 2. The van der Waals surface area contributed by atoms with Crippen LogP contribution in [0.3, 0.4) is 0 Å². The first-order valence-corrected chi connectivity index (χ1v) is 8.04. The minimum absolute atomic E-state index is 0.119. The maximum absolute atomic E-state index is 13.4. The predicted octanol–water partition coefficient (Wildman–Crippen LogP) is 2.71. The second kappa shape index (κ2) is 8.57. The monoisotopic (exact) mass is 412 g/mol. The third-order valence-electron chi connectivity index (χ3n) is 3.26. The maximum atomic E-state index is 13.4. The van der Waals surface area contributed by atoms with Crippen LogP contribution in [0, 0.1) is 11.6 Å². The normalized spacial score (nSPS) is 11.5. The molecule has 0 aliphatic carbocycles. The van der Waals surface area contributed by atoms with Crippen LogP contribution in [0.5, 0.6) is 5.75 Å². The Labute approximate surface area is 151 Å². The molecule has 0 spiro atoms. The first-order chi connectivity index (χ1) is 11.9. The highest BCUT2D eigenvalue weighted by Gasteiger charge is 2.23. The molecule has 0 heterocycles. The number of carbonyl (C=O) groups is 2. The van der Waals surface area contributed by atoms with E-state index in [0.717, 1.165) is 16.6 Å². The van der Waals surface area contributed by atoms with Crippen molar-refractivity contribution < 1.29 is 23.1 Å². The third-order valence-corrected chi connectivity index (χ3v) is 3.75. The van der Waals surface area contributed by atoms with Crippen molar-refractivity contribution in [1.82, 2.24) is 10.6 Å². The summed E-state index contributed by atoms with van der Waals surface area (Å²) < 4.78 is 32.6. The highest BCUT2D eigenvalue weighted by Crippen LogP contribution is 2.19. The second-order valence-corrected chi connectivity index (χ2v) is 5.95. The van der Waals surface area contributed by atoms with Crippen LogP contribution >= 0.6 is 15.9 Å². The highest BCUT2D eigenvalue weighted by molar-refractivity contribution is 9.10. The zero-order valence-corrected chi connectivity index (χ0v) is 14.8. The number of likely N-dealkylation sites (N-methyl/N-ethyl adjacent to an activating group) is 1. The van der Waals surface area contributed by atoms with Gasteiger partial charge in [-0.25, -0.2) is 8.78 Å². The first kappa shape index (κ1) is 18.9. The third kappa shape index (κ3) is 5.25. The van der Waals surface area contributed by atoms with E-state index in [0.29, 0.717) is 5.75 Å². The molecular formula is C17H15BrF2N2O3. The van der Waals surface area contributed by atoms with E-state index in [1.807, 2.05) is 0 Å². The van der Waals surface area contributed by atoms with Crippen LogP contribution in [0.4, 0.5) is 8.78 Å². The molecule has 0 saturated heterocycles. The fourth-order valence-corrected chi connectivity index (χ4v) is 2.42. The fraction of sp³-hybridized carbons (Fsp3) is 0.176. The Hall–Kier alpha value is -2.48. The van der Waals surface area contributed by atoms with Crippen molar-refractivity contribution >= 4 is 27.7 Å². The molecule has 0 aliphatic rings. The molecule has 132 valence electrons. The van der Waals surface area contributed by atoms with Gasteiger partial charge in [0.25, 0.3) is 5.91 Å². The molecule has 1 atom stereocenters. The van der Waals surface area contributed by atoms with Crippen LogP contribution in [0.1, 0.15) is 11.6 Å². The lowest BCUT2D eigenvalue weighted by Gasteiger charge is -2.18. The number of amides is 2. The summed E-state index contributed by atoms with van der Waals surface area (Å²) in [6.45, 7) is -0.340. The number of rotatable bonds is 6. The van der Waals surface area contributed by atoms with E-state index in [4.69, 9.17) is 4.74 Å². The average molecular weight is 413 g/mol. The molecule has 1 unspecified atom stereocenters. The van der Waals surface area contributed by atoms with Gasteiger partial charge in [-0.1, -0.05) is 28.1 Å². The van der Waals surface area contributed by atoms with Gasteiger partial charge in [0, 0.05) is 11.5 Å². The number of halogens is 3. The SMILES string of the molecule is CNC(=O)C(NC(=O)COc1cccc(Br)c1)c1ccc(F)c(F)c1. The van der Waals surface area contributed by atoms with Crippen LogP contribution in [-0.4, -0.2) is 25.5 Å². The standard InChI is InChI=1S/C17H15BrF2N2O3/c1-21-17(24)16(10-5-6-13(19)14(20)7-10)22-15(23)9-25-12-4-2-3-11(18)8-12/h2-8,16H,9H2,1H3,(H,21,24)(H,22,23). The average Bonchev–Trinajstić information content (AvgIpc) is 2.60. The molecule has 0 aromatic heterocycles. The lowest BCUT2D eigenvalue weighted by Crippen LogP contribution is -2.41. The summed E-state index contributed by atoms with van der Waals surface area (Å²) in [4.78, 5) is 24.0.